The predicted molar refractivity (Wildman–Crippen MR) is 83.5 cm³/mol. The van der Waals surface area contributed by atoms with Crippen molar-refractivity contribution in [2.75, 3.05) is 5.32 Å². The van der Waals surface area contributed by atoms with E-state index >= 15 is 0 Å². The van der Waals surface area contributed by atoms with E-state index in [0.29, 0.717) is 11.7 Å². The summed E-state index contributed by atoms with van der Waals surface area (Å²) in [5, 5.41) is 3.18. The third-order valence-corrected chi connectivity index (χ3v) is 4.19. The molecule has 1 N–H and O–H groups in total. The maximum Gasteiger partial charge on any atom is 0.207 e. The number of nitrogens with one attached hydrogen (secondary N) is 1. The molecule has 0 bridgehead atoms. The fraction of sp³-hybridized carbons (Fsp3) is 0.471. The van der Waals surface area contributed by atoms with Crippen LogP contribution in [0.5, 0.6) is 0 Å². The number of imidazole rings is 1. The fourth-order valence-electron chi connectivity index (χ4n) is 3.10. The van der Waals surface area contributed by atoms with Crippen molar-refractivity contribution in [1.82, 2.24) is 9.55 Å². The molecule has 21 heavy (non-hydrogen) atoms. The van der Waals surface area contributed by atoms with Gasteiger partial charge in [0.1, 0.15) is 5.82 Å². The normalized spacial score (nSPS) is 16.1. The first-order valence-electron chi connectivity index (χ1n) is 7.72. The van der Waals surface area contributed by atoms with E-state index in [0.717, 1.165) is 17.2 Å². The van der Waals surface area contributed by atoms with Crippen molar-refractivity contribution in [3.8, 4) is 0 Å². The highest BCUT2D eigenvalue weighted by Gasteiger charge is 2.19. The third-order valence-electron chi connectivity index (χ3n) is 4.19. The molecular formula is C17H22FN3. The number of halogens is 1. The van der Waals surface area contributed by atoms with E-state index in [1.807, 2.05) is 19.9 Å². The average Bonchev–Trinajstić information content (AvgIpc) is 2.85. The van der Waals surface area contributed by atoms with Crippen molar-refractivity contribution in [1.29, 1.82) is 0 Å². The minimum absolute atomic E-state index is 0.239. The molecule has 0 spiro atoms. The molecule has 3 rings (SSSR count). The van der Waals surface area contributed by atoms with Crippen molar-refractivity contribution in [3.63, 3.8) is 0 Å². The summed E-state index contributed by atoms with van der Waals surface area (Å²) in [6, 6.07) is 5.58. The summed E-state index contributed by atoms with van der Waals surface area (Å²) in [5.74, 6) is 0.514. The molecule has 1 saturated carbocycles. The quantitative estimate of drug-likeness (QED) is 0.871. The van der Waals surface area contributed by atoms with Gasteiger partial charge in [-0.3, -0.25) is 0 Å². The lowest BCUT2D eigenvalue weighted by atomic mass is 9.95. The first-order valence-corrected chi connectivity index (χ1v) is 7.72. The van der Waals surface area contributed by atoms with Crippen molar-refractivity contribution < 1.29 is 4.39 Å². The monoisotopic (exact) mass is 287 g/mol. The minimum atomic E-state index is -0.239. The number of rotatable bonds is 3. The Kier molecular flexibility index (Phi) is 3.95. The molecule has 0 saturated heterocycles. The molecule has 0 amide bonds. The van der Waals surface area contributed by atoms with Gasteiger partial charge in [0, 0.05) is 12.2 Å². The SMILES string of the molecule is Cc1ccc(F)c(Nc2nc(C)cn2C2CCCCC2)c1. The number of hydrogen-bond donors (Lipinski definition) is 1. The van der Waals surface area contributed by atoms with Gasteiger partial charge < -0.3 is 9.88 Å². The highest BCUT2D eigenvalue weighted by atomic mass is 19.1. The molecule has 4 heteroatoms. The van der Waals surface area contributed by atoms with E-state index in [1.165, 1.54) is 38.2 Å². The largest absolute Gasteiger partial charge is 0.323 e. The van der Waals surface area contributed by atoms with Crippen LogP contribution in [0.1, 0.15) is 49.4 Å². The van der Waals surface area contributed by atoms with Crippen LogP contribution in [0.4, 0.5) is 16.0 Å². The highest BCUT2D eigenvalue weighted by molar-refractivity contribution is 5.56. The Labute approximate surface area is 125 Å². The lowest BCUT2D eigenvalue weighted by molar-refractivity contribution is 0.356. The predicted octanol–water partition coefficient (Wildman–Crippen LogP) is 4.89. The number of nitrogens with zero attached hydrogens (tertiary/aromatic N) is 2. The number of aryl methyl sites for hydroxylation is 2. The molecule has 3 nitrogen and oxygen atoms in total. The van der Waals surface area contributed by atoms with Crippen LogP contribution >= 0.6 is 0 Å². The summed E-state index contributed by atoms with van der Waals surface area (Å²) in [4.78, 5) is 4.54. The number of aromatic nitrogens is 2. The van der Waals surface area contributed by atoms with Gasteiger partial charge in [0.05, 0.1) is 11.4 Å². The van der Waals surface area contributed by atoms with Crippen molar-refractivity contribution in [2.24, 2.45) is 0 Å². The smallest absolute Gasteiger partial charge is 0.207 e. The first-order chi connectivity index (χ1) is 10.1. The van der Waals surface area contributed by atoms with Gasteiger partial charge in [-0.1, -0.05) is 25.3 Å². The Bertz CT molecular complexity index is 627. The molecule has 2 aromatic rings. The minimum Gasteiger partial charge on any atom is -0.323 e. The van der Waals surface area contributed by atoms with Gasteiger partial charge in [-0.2, -0.15) is 0 Å². The second-order valence-electron chi connectivity index (χ2n) is 6.01. The molecule has 1 aliphatic rings. The second-order valence-corrected chi connectivity index (χ2v) is 6.01. The molecule has 0 aliphatic heterocycles. The van der Waals surface area contributed by atoms with Gasteiger partial charge in [0.15, 0.2) is 0 Å². The van der Waals surface area contributed by atoms with Gasteiger partial charge in [-0.25, -0.2) is 9.37 Å². The lowest BCUT2D eigenvalue weighted by Gasteiger charge is -2.24. The van der Waals surface area contributed by atoms with Crippen molar-refractivity contribution >= 4 is 11.6 Å². The highest BCUT2D eigenvalue weighted by Crippen LogP contribution is 2.32. The average molecular weight is 287 g/mol. The molecular weight excluding hydrogens is 265 g/mol. The Morgan fingerprint density at radius 1 is 1.19 bits per heavy atom. The van der Waals surface area contributed by atoms with E-state index < -0.39 is 0 Å². The molecule has 1 aliphatic carbocycles. The van der Waals surface area contributed by atoms with Gasteiger partial charge in [-0.15, -0.1) is 0 Å². The van der Waals surface area contributed by atoms with Crippen LogP contribution in [0.25, 0.3) is 0 Å². The summed E-state index contributed by atoms with van der Waals surface area (Å²) in [6.45, 7) is 3.95. The van der Waals surface area contributed by atoms with E-state index in [-0.39, 0.29) is 5.82 Å². The van der Waals surface area contributed by atoms with Gasteiger partial charge in [-0.05, 0) is 44.4 Å². The van der Waals surface area contributed by atoms with E-state index in [4.69, 9.17) is 0 Å². The number of anilines is 2. The summed E-state index contributed by atoms with van der Waals surface area (Å²) >= 11 is 0. The maximum atomic E-state index is 13.9. The Hall–Kier alpha value is -1.84. The summed E-state index contributed by atoms with van der Waals surface area (Å²) < 4.78 is 16.1. The zero-order valence-electron chi connectivity index (χ0n) is 12.7. The lowest BCUT2D eigenvalue weighted by Crippen LogP contribution is -2.14. The Balaban J connectivity index is 1.89. The molecule has 1 fully saturated rings. The van der Waals surface area contributed by atoms with Gasteiger partial charge >= 0.3 is 0 Å². The van der Waals surface area contributed by atoms with Crippen LogP contribution in [0.3, 0.4) is 0 Å². The van der Waals surface area contributed by atoms with E-state index in [9.17, 15) is 4.39 Å². The molecule has 0 unspecified atom stereocenters. The van der Waals surface area contributed by atoms with Crippen LogP contribution in [-0.2, 0) is 0 Å². The summed E-state index contributed by atoms with van der Waals surface area (Å²) in [7, 11) is 0. The maximum absolute atomic E-state index is 13.9. The number of benzene rings is 1. The molecule has 1 heterocycles. The Morgan fingerprint density at radius 2 is 1.95 bits per heavy atom. The van der Waals surface area contributed by atoms with Crippen LogP contribution in [0.2, 0.25) is 0 Å². The van der Waals surface area contributed by atoms with Crippen LogP contribution < -0.4 is 5.32 Å². The van der Waals surface area contributed by atoms with Gasteiger partial charge in [0.2, 0.25) is 5.95 Å². The zero-order valence-corrected chi connectivity index (χ0v) is 12.7. The standard InChI is InChI=1S/C17H22FN3/c1-12-8-9-15(18)16(10-12)20-17-19-13(2)11-21(17)14-6-4-3-5-7-14/h8-11,14H,3-7H2,1-2H3,(H,19,20). The van der Waals surface area contributed by atoms with E-state index in [2.05, 4.69) is 21.1 Å². The summed E-state index contributed by atoms with van der Waals surface area (Å²) in [6.07, 6.45) is 8.29. The Morgan fingerprint density at radius 3 is 2.71 bits per heavy atom. The van der Waals surface area contributed by atoms with Gasteiger partial charge in [0.25, 0.3) is 0 Å². The third kappa shape index (κ3) is 3.09. The molecule has 112 valence electrons. The summed E-state index contributed by atoms with van der Waals surface area (Å²) in [5.41, 5.74) is 2.50. The van der Waals surface area contributed by atoms with Crippen LogP contribution in [-0.4, -0.2) is 9.55 Å². The molecule has 0 radical (unpaired) electrons. The molecule has 0 atom stereocenters. The van der Waals surface area contributed by atoms with E-state index in [1.54, 1.807) is 6.07 Å². The van der Waals surface area contributed by atoms with Crippen LogP contribution in [0, 0.1) is 19.7 Å². The number of hydrogen-bond acceptors (Lipinski definition) is 2. The second kappa shape index (κ2) is 5.88. The van der Waals surface area contributed by atoms with Crippen molar-refractivity contribution in [2.45, 2.75) is 52.0 Å². The first kappa shape index (κ1) is 14.1. The van der Waals surface area contributed by atoms with Crippen LogP contribution in [0.15, 0.2) is 24.4 Å². The fourth-order valence-corrected chi connectivity index (χ4v) is 3.10. The molecule has 1 aromatic carbocycles. The topological polar surface area (TPSA) is 29.9 Å². The molecule has 1 aromatic heterocycles. The zero-order chi connectivity index (χ0) is 14.8. The van der Waals surface area contributed by atoms with Crippen molar-refractivity contribution in [3.05, 3.63) is 41.5 Å².